The van der Waals surface area contributed by atoms with Gasteiger partial charge in [-0.15, -0.1) is 0 Å². The van der Waals surface area contributed by atoms with Crippen LogP contribution in [0.25, 0.3) is 0 Å². The molecule has 2 aromatic rings. The molecule has 1 unspecified atom stereocenters. The molecule has 0 saturated carbocycles. The first-order chi connectivity index (χ1) is 11.6. The molecule has 3 rings (SSSR count). The smallest absolute Gasteiger partial charge is 0.274 e. The number of nitrogens with one attached hydrogen (secondary N) is 2. The Balaban J connectivity index is 1.66. The van der Waals surface area contributed by atoms with Gasteiger partial charge in [-0.1, -0.05) is 12.1 Å². The second-order valence-corrected chi connectivity index (χ2v) is 6.01. The third kappa shape index (κ3) is 3.89. The molecule has 1 aliphatic rings. The zero-order valence-electron chi connectivity index (χ0n) is 14.0. The minimum atomic E-state index is -0.244. The Kier molecular flexibility index (Phi) is 5.05. The molecule has 1 aromatic carbocycles. The maximum atomic E-state index is 12.4. The van der Waals surface area contributed by atoms with Gasteiger partial charge in [-0.05, 0) is 43.9 Å². The Morgan fingerprint density at radius 2 is 2.21 bits per heavy atom. The molecule has 0 spiro atoms. The molecular weight excluding hydrogens is 304 g/mol. The van der Waals surface area contributed by atoms with Crippen LogP contribution in [-0.4, -0.2) is 35.1 Å². The molecule has 0 bridgehead atoms. The van der Waals surface area contributed by atoms with Gasteiger partial charge in [0.25, 0.3) is 5.91 Å². The van der Waals surface area contributed by atoms with E-state index >= 15 is 0 Å². The van der Waals surface area contributed by atoms with E-state index < -0.39 is 0 Å². The molecule has 24 heavy (non-hydrogen) atoms. The maximum absolute atomic E-state index is 12.4. The van der Waals surface area contributed by atoms with E-state index in [0.717, 1.165) is 36.3 Å². The van der Waals surface area contributed by atoms with Crippen LogP contribution in [0.3, 0.4) is 0 Å². The summed E-state index contributed by atoms with van der Waals surface area (Å²) < 4.78 is 5.57. The lowest BCUT2D eigenvalue weighted by atomic mass is 10.1. The van der Waals surface area contributed by atoms with Gasteiger partial charge in [0.15, 0.2) is 0 Å². The average Bonchev–Trinajstić information content (AvgIpc) is 3.11. The molecule has 1 saturated heterocycles. The summed E-state index contributed by atoms with van der Waals surface area (Å²) in [5, 5.41) is 6.12. The number of hydrogen-bond acceptors (Lipinski definition) is 5. The highest BCUT2D eigenvalue weighted by molar-refractivity contribution is 6.03. The molecule has 6 nitrogen and oxygen atoms in total. The SMILES string of the molecule is Cc1cccc(NC(=O)c2cc(NCC3CCCO3)ncn2)c1C. The normalized spacial score (nSPS) is 16.8. The third-order valence-electron chi connectivity index (χ3n) is 4.29. The minimum absolute atomic E-state index is 0.215. The van der Waals surface area contributed by atoms with Gasteiger partial charge in [0.05, 0.1) is 6.10 Å². The van der Waals surface area contributed by atoms with Crippen molar-refractivity contribution in [3.05, 3.63) is 47.4 Å². The number of rotatable bonds is 5. The Morgan fingerprint density at radius 3 is 3.00 bits per heavy atom. The van der Waals surface area contributed by atoms with Crippen molar-refractivity contribution < 1.29 is 9.53 Å². The van der Waals surface area contributed by atoms with Gasteiger partial charge < -0.3 is 15.4 Å². The summed E-state index contributed by atoms with van der Waals surface area (Å²) in [6, 6.07) is 7.49. The molecule has 6 heteroatoms. The van der Waals surface area contributed by atoms with Gasteiger partial charge in [0, 0.05) is 24.9 Å². The quantitative estimate of drug-likeness (QED) is 0.883. The Labute approximate surface area is 141 Å². The number of nitrogens with zero attached hydrogens (tertiary/aromatic N) is 2. The maximum Gasteiger partial charge on any atom is 0.274 e. The lowest BCUT2D eigenvalue weighted by molar-refractivity contribution is 0.102. The molecule has 0 aliphatic carbocycles. The van der Waals surface area contributed by atoms with Gasteiger partial charge in [-0.3, -0.25) is 4.79 Å². The number of amides is 1. The van der Waals surface area contributed by atoms with Crippen molar-refractivity contribution in [1.29, 1.82) is 0 Å². The zero-order chi connectivity index (χ0) is 16.9. The van der Waals surface area contributed by atoms with Crippen LogP contribution >= 0.6 is 0 Å². The van der Waals surface area contributed by atoms with E-state index in [1.54, 1.807) is 6.07 Å². The number of carbonyl (C=O) groups excluding carboxylic acids is 1. The van der Waals surface area contributed by atoms with Crippen molar-refractivity contribution in [2.45, 2.75) is 32.8 Å². The van der Waals surface area contributed by atoms with Gasteiger partial charge in [0.2, 0.25) is 0 Å². The molecule has 126 valence electrons. The van der Waals surface area contributed by atoms with E-state index in [1.807, 2.05) is 32.0 Å². The van der Waals surface area contributed by atoms with Crippen LogP contribution in [0.2, 0.25) is 0 Å². The number of aromatic nitrogens is 2. The molecule has 1 amide bonds. The number of carbonyl (C=O) groups is 1. The van der Waals surface area contributed by atoms with Gasteiger partial charge in [0.1, 0.15) is 17.8 Å². The highest BCUT2D eigenvalue weighted by Gasteiger charge is 2.16. The topological polar surface area (TPSA) is 76.1 Å². The summed E-state index contributed by atoms with van der Waals surface area (Å²) in [7, 11) is 0. The highest BCUT2D eigenvalue weighted by atomic mass is 16.5. The van der Waals surface area contributed by atoms with Crippen molar-refractivity contribution in [3.63, 3.8) is 0 Å². The number of anilines is 2. The molecule has 2 heterocycles. The summed E-state index contributed by atoms with van der Waals surface area (Å²) in [6.45, 7) is 5.51. The summed E-state index contributed by atoms with van der Waals surface area (Å²) in [5.41, 5.74) is 3.32. The minimum Gasteiger partial charge on any atom is -0.376 e. The first-order valence-corrected chi connectivity index (χ1v) is 8.18. The Bertz CT molecular complexity index is 727. The fraction of sp³-hybridized carbons (Fsp3) is 0.389. The summed E-state index contributed by atoms with van der Waals surface area (Å²) >= 11 is 0. The fourth-order valence-corrected chi connectivity index (χ4v) is 2.67. The number of hydrogen-bond donors (Lipinski definition) is 2. The van der Waals surface area contributed by atoms with Crippen LogP contribution in [0.5, 0.6) is 0 Å². The van der Waals surface area contributed by atoms with Crippen LogP contribution < -0.4 is 10.6 Å². The standard InChI is InChI=1S/C18H22N4O2/c1-12-5-3-7-15(13(12)2)22-18(23)16-9-17(21-11-20-16)19-10-14-6-4-8-24-14/h3,5,7,9,11,14H,4,6,8,10H2,1-2H3,(H,22,23)(H,19,20,21). The average molecular weight is 326 g/mol. The predicted molar refractivity (Wildman–Crippen MR) is 93.4 cm³/mol. The van der Waals surface area contributed by atoms with Gasteiger partial charge in [-0.25, -0.2) is 9.97 Å². The summed E-state index contributed by atoms with van der Waals surface area (Å²) in [5.74, 6) is 0.387. The second kappa shape index (κ2) is 7.40. The van der Waals surface area contributed by atoms with E-state index in [0.29, 0.717) is 18.1 Å². The Morgan fingerprint density at radius 1 is 1.33 bits per heavy atom. The van der Waals surface area contributed by atoms with Crippen molar-refractivity contribution in [2.24, 2.45) is 0 Å². The van der Waals surface area contributed by atoms with Crippen molar-refractivity contribution >= 4 is 17.4 Å². The van der Waals surface area contributed by atoms with Gasteiger partial charge >= 0.3 is 0 Å². The number of ether oxygens (including phenoxy) is 1. The number of aryl methyl sites for hydroxylation is 1. The summed E-state index contributed by atoms with van der Waals surface area (Å²) in [4.78, 5) is 20.7. The Hall–Kier alpha value is -2.47. The lowest BCUT2D eigenvalue weighted by Gasteiger charge is -2.12. The van der Waals surface area contributed by atoms with Crippen LogP contribution in [0, 0.1) is 13.8 Å². The van der Waals surface area contributed by atoms with E-state index in [-0.39, 0.29) is 12.0 Å². The first kappa shape index (κ1) is 16.4. The second-order valence-electron chi connectivity index (χ2n) is 6.01. The van der Waals surface area contributed by atoms with E-state index in [9.17, 15) is 4.79 Å². The van der Waals surface area contributed by atoms with Crippen molar-refractivity contribution in [1.82, 2.24) is 9.97 Å². The molecule has 1 aromatic heterocycles. The molecule has 0 radical (unpaired) electrons. The zero-order valence-corrected chi connectivity index (χ0v) is 14.0. The predicted octanol–water partition coefficient (Wildman–Crippen LogP) is 2.94. The molecule has 1 atom stereocenters. The first-order valence-electron chi connectivity index (χ1n) is 8.18. The van der Waals surface area contributed by atoms with E-state index in [4.69, 9.17) is 4.74 Å². The summed E-state index contributed by atoms with van der Waals surface area (Å²) in [6.07, 6.45) is 3.76. The monoisotopic (exact) mass is 326 g/mol. The lowest BCUT2D eigenvalue weighted by Crippen LogP contribution is -2.20. The molecule has 1 fully saturated rings. The van der Waals surface area contributed by atoms with E-state index in [1.165, 1.54) is 6.33 Å². The van der Waals surface area contributed by atoms with Gasteiger partial charge in [-0.2, -0.15) is 0 Å². The number of benzene rings is 1. The largest absolute Gasteiger partial charge is 0.376 e. The third-order valence-corrected chi connectivity index (χ3v) is 4.29. The van der Waals surface area contributed by atoms with E-state index in [2.05, 4.69) is 20.6 Å². The molecule has 1 aliphatic heterocycles. The van der Waals surface area contributed by atoms with Crippen molar-refractivity contribution in [2.75, 3.05) is 23.8 Å². The fourth-order valence-electron chi connectivity index (χ4n) is 2.67. The highest BCUT2D eigenvalue weighted by Crippen LogP contribution is 2.19. The van der Waals surface area contributed by atoms with Crippen LogP contribution in [0.4, 0.5) is 11.5 Å². The van der Waals surface area contributed by atoms with Crippen LogP contribution in [0.15, 0.2) is 30.6 Å². The van der Waals surface area contributed by atoms with Crippen LogP contribution in [-0.2, 0) is 4.74 Å². The van der Waals surface area contributed by atoms with Crippen molar-refractivity contribution in [3.8, 4) is 0 Å². The molecular formula is C18H22N4O2. The van der Waals surface area contributed by atoms with Crippen LogP contribution in [0.1, 0.15) is 34.5 Å². The molecule has 2 N–H and O–H groups in total.